The molecule has 25 heavy (non-hydrogen) atoms. The van der Waals surface area contributed by atoms with Crippen molar-refractivity contribution >= 4 is 17.4 Å². The van der Waals surface area contributed by atoms with Gasteiger partial charge in [0.05, 0.1) is 24.2 Å². The third kappa shape index (κ3) is 7.42. The average Bonchev–Trinajstić information content (AvgIpc) is 2.52. The molecule has 0 amide bonds. The molecule has 0 unspecified atom stereocenters. The Labute approximate surface area is 178 Å². The van der Waals surface area contributed by atoms with Crippen LogP contribution in [0, 0.1) is 12.3 Å². The fourth-order valence-electron chi connectivity index (χ4n) is 1.96. The summed E-state index contributed by atoms with van der Waals surface area (Å²) in [5.41, 5.74) is 1.59. The van der Waals surface area contributed by atoms with E-state index in [0.29, 0.717) is 30.4 Å². The van der Waals surface area contributed by atoms with Crippen molar-refractivity contribution in [2.45, 2.75) is 30.6 Å². The van der Waals surface area contributed by atoms with Crippen LogP contribution in [0.5, 0.6) is 11.5 Å². The van der Waals surface area contributed by atoms with Crippen molar-refractivity contribution in [1.29, 1.82) is 5.39 Å². The number of ether oxygens (including phenoxy) is 2. The molecule has 0 radical (unpaired) electrons. The topological polar surface area (TPSA) is 46.6 Å². The summed E-state index contributed by atoms with van der Waals surface area (Å²) in [5, 5.41) is 9.13. The molecule has 0 atom stereocenters. The second kappa shape index (κ2) is 13.2. The molecule has 2 aromatic rings. The molecule has 0 aliphatic carbocycles. The van der Waals surface area contributed by atoms with Crippen molar-refractivity contribution in [2.75, 3.05) is 13.2 Å². The molecule has 0 bridgehead atoms. The van der Waals surface area contributed by atoms with Gasteiger partial charge in [-0.25, -0.2) is 0 Å². The molecule has 0 aliphatic heterocycles. The number of benzene rings is 2. The summed E-state index contributed by atoms with van der Waals surface area (Å²) in [4.78, 5) is 5.32. The number of aryl methyl sites for hydroxylation is 1. The molecule has 2 rings (SSSR count). The van der Waals surface area contributed by atoms with Crippen LogP contribution in [0.25, 0.3) is 4.98 Å². The zero-order chi connectivity index (χ0) is 15.9. The summed E-state index contributed by atoms with van der Waals surface area (Å²) in [6.45, 7) is 6.92. The van der Waals surface area contributed by atoms with E-state index in [0.717, 1.165) is 9.79 Å². The van der Waals surface area contributed by atoms with Gasteiger partial charge in [0.1, 0.15) is 5.75 Å². The number of hydrogen-bond acceptors (Lipinski definition) is 4. The quantitative estimate of drug-likeness (QED) is 0.436. The predicted molar refractivity (Wildman–Crippen MR) is 88.8 cm³/mol. The minimum atomic E-state index is 0. The Morgan fingerprint density at radius 2 is 1.52 bits per heavy atom. The van der Waals surface area contributed by atoms with Crippen LogP contribution >= 0.6 is 11.8 Å². The van der Waals surface area contributed by atoms with E-state index in [4.69, 9.17) is 14.9 Å². The molecule has 8 heteroatoms. The predicted octanol–water partition coefficient (Wildman–Crippen LogP) is -0.566. The van der Waals surface area contributed by atoms with Crippen molar-refractivity contribution in [3.8, 4) is 11.5 Å². The number of diazo groups is 1. The monoisotopic (exact) mass is 449 g/mol. The van der Waals surface area contributed by atoms with E-state index in [1.54, 1.807) is 17.8 Å². The Bertz CT molecular complexity index is 694. The summed E-state index contributed by atoms with van der Waals surface area (Å²) < 4.78 is 11.2. The molecular formula is C17H19Cl2N2O2SZn-. The third-order valence-corrected chi connectivity index (χ3v) is 4.03. The first-order valence-electron chi connectivity index (χ1n) is 7.21. The van der Waals surface area contributed by atoms with Gasteiger partial charge in [-0.15, -0.1) is 0 Å². The third-order valence-electron chi connectivity index (χ3n) is 2.98. The minimum Gasteiger partial charge on any atom is -1.00 e. The van der Waals surface area contributed by atoms with Gasteiger partial charge in [-0.05, 0) is 32.9 Å². The van der Waals surface area contributed by atoms with Crippen LogP contribution in [0.1, 0.15) is 19.4 Å². The van der Waals surface area contributed by atoms with Crippen LogP contribution in [0.2, 0.25) is 0 Å². The number of halogens is 2. The molecule has 0 saturated heterocycles. The number of rotatable bonds is 6. The normalized spacial score (nSPS) is 8.88. The minimum absolute atomic E-state index is 0. The van der Waals surface area contributed by atoms with Gasteiger partial charge in [0.25, 0.3) is 0 Å². The van der Waals surface area contributed by atoms with Crippen LogP contribution in [0.4, 0.5) is 5.69 Å². The fraction of sp³-hybridized carbons (Fsp3) is 0.294. The molecule has 2 aromatic carbocycles. The zero-order valence-corrected chi connectivity index (χ0v) is 19.8. The number of nitrogens with zero attached hydrogens (tertiary/aromatic N) is 2. The van der Waals surface area contributed by atoms with E-state index in [2.05, 4.69) is 36.2 Å². The van der Waals surface area contributed by atoms with Gasteiger partial charge in [-0.3, -0.25) is 0 Å². The molecule has 132 valence electrons. The fourth-order valence-corrected chi connectivity index (χ4v) is 2.87. The zero-order valence-electron chi connectivity index (χ0n) is 14.5. The van der Waals surface area contributed by atoms with Gasteiger partial charge in [-0.1, -0.05) is 29.5 Å². The van der Waals surface area contributed by atoms with Crippen LogP contribution in [-0.4, -0.2) is 13.2 Å². The van der Waals surface area contributed by atoms with Crippen molar-refractivity contribution in [3.63, 3.8) is 0 Å². The van der Waals surface area contributed by atoms with Gasteiger partial charge in [0, 0.05) is 30.4 Å². The standard InChI is InChI=1S/C17H19N2O2S.2ClH.Zn/c1-4-20-15-11-17(16(21-5-2)10-14(15)19-18)22-13-8-6-12(3)7-9-13;;;/h6-11H,4-5H2,1-3H3;2*1H;/q+1;;;/p-2. The Morgan fingerprint density at radius 3 is 2.04 bits per heavy atom. The average molecular weight is 452 g/mol. The van der Waals surface area contributed by atoms with Crippen LogP contribution < -0.4 is 34.3 Å². The Balaban J connectivity index is 0. The van der Waals surface area contributed by atoms with Gasteiger partial charge in [0.15, 0.2) is 4.98 Å². The molecule has 0 aliphatic rings. The first-order valence-corrected chi connectivity index (χ1v) is 8.02. The van der Waals surface area contributed by atoms with E-state index < -0.39 is 0 Å². The van der Waals surface area contributed by atoms with Crippen LogP contribution in [0.3, 0.4) is 0 Å². The van der Waals surface area contributed by atoms with E-state index >= 15 is 0 Å². The summed E-state index contributed by atoms with van der Waals surface area (Å²) in [7, 11) is 0. The van der Waals surface area contributed by atoms with Gasteiger partial charge < -0.3 is 34.3 Å². The molecule has 0 heterocycles. The largest absolute Gasteiger partial charge is 1.00 e. The maximum Gasteiger partial charge on any atom is 0.430 e. The maximum absolute atomic E-state index is 9.13. The van der Waals surface area contributed by atoms with Crippen molar-refractivity contribution < 1.29 is 53.8 Å². The molecule has 0 saturated carbocycles. The Hall–Kier alpha value is -0.987. The van der Waals surface area contributed by atoms with E-state index in [-0.39, 0.29) is 44.3 Å². The molecule has 0 spiro atoms. The molecule has 0 aromatic heterocycles. The first kappa shape index (κ1) is 26.2. The van der Waals surface area contributed by atoms with Crippen molar-refractivity contribution in [3.05, 3.63) is 46.9 Å². The molecule has 0 fully saturated rings. The summed E-state index contributed by atoms with van der Waals surface area (Å²) >= 11 is 1.59. The van der Waals surface area contributed by atoms with Crippen LogP contribution in [0.15, 0.2) is 46.2 Å². The van der Waals surface area contributed by atoms with Gasteiger partial charge >= 0.3 is 5.69 Å². The van der Waals surface area contributed by atoms with E-state index in [1.165, 1.54) is 5.56 Å². The SMILES string of the molecule is CCOc1cc(Sc2ccc(C)cc2)c(OCC)cc1[N+]#N.[Cl-].[Cl-].[Zn]. The maximum atomic E-state index is 9.13. The van der Waals surface area contributed by atoms with E-state index in [9.17, 15) is 0 Å². The summed E-state index contributed by atoms with van der Waals surface area (Å²) in [6, 6.07) is 11.8. The summed E-state index contributed by atoms with van der Waals surface area (Å²) in [5.74, 6) is 1.23. The molecule has 4 nitrogen and oxygen atoms in total. The van der Waals surface area contributed by atoms with E-state index in [1.807, 2.05) is 19.9 Å². The van der Waals surface area contributed by atoms with Crippen LogP contribution in [-0.2, 0) is 19.5 Å². The van der Waals surface area contributed by atoms with Crippen molar-refractivity contribution in [1.82, 2.24) is 0 Å². The second-order valence-electron chi connectivity index (χ2n) is 4.65. The molecule has 0 N–H and O–H groups in total. The Kier molecular flexibility index (Phi) is 13.9. The molecular weight excluding hydrogens is 433 g/mol. The summed E-state index contributed by atoms with van der Waals surface area (Å²) in [6.07, 6.45) is 0. The van der Waals surface area contributed by atoms with Gasteiger partial charge in [-0.2, -0.15) is 0 Å². The smallest absolute Gasteiger partial charge is 0.430 e. The Morgan fingerprint density at radius 1 is 0.960 bits per heavy atom. The van der Waals surface area contributed by atoms with Gasteiger partial charge in [0.2, 0.25) is 11.1 Å². The number of hydrogen-bond donors (Lipinski definition) is 0. The second-order valence-corrected chi connectivity index (χ2v) is 5.76. The van der Waals surface area contributed by atoms with Crippen molar-refractivity contribution in [2.24, 2.45) is 0 Å². The first-order chi connectivity index (χ1) is 10.7.